The molecule has 1 aromatic rings. The highest BCUT2D eigenvalue weighted by Crippen LogP contribution is 2.12. The van der Waals surface area contributed by atoms with Gasteiger partial charge in [0.15, 0.2) is 0 Å². The van der Waals surface area contributed by atoms with E-state index in [4.69, 9.17) is 5.11 Å². The predicted octanol–water partition coefficient (Wildman–Crippen LogP) is 2.55. The van der Waals surface area contributed by atoms with Gasteiger partial charge in [-0.15, -0.1) is 0 Å². The van der Waals surface area contributed by atoms with Gasteiger partial charge >= 0.3 is 0 Å². The summed E-state index contributed by atoms with van der Waals surface area (Å²) in [6, 6.07) is 6.39. The van der Waals surface area contributed by atoms with Crippen LogP contribution in [0.4, 0.5) is 5.69 Å². The van der Waals surface area contributed by atoms with E-state index in [2.05, 4.69) is 0 Å². The Morgan fingerprint density at radius 3 is 2.20 bits per heavy atom. The van der Waals surface area contributed by atoms with Crippen LogP contribution in [0.5, 0.6) is 0 Å². The fourth-order valence-electron chi connectivity index (χ4n) is 1.07. The van der Waals surface area contributed by atoms with E-state index in [-0.39, 0.29) is 12.3 Å². The number of benzene rings is 1. The number of hydrogen-bond donors (Lipinski definition) is 1. The largest absolute Gasteiger partial charge is 0.396 e. The lowest BCUT2D eigenvalue weighted by molar-refractivity contribution is -0.384. The van der Waals surface area contributed by atoms with Gasteiger partial charge in [0.25, 0.3) is 5.69 Å². The van der Waals surface area contributed by atoms with Crippen LogP contribution >= 0.6 is 0 Å². The fourth-order valence-corrected chi connectivity index (χ4v) is 1.07. The molecule has 15 heavy (non-hydrogen) atoms. The van der Waals surface area contributed by atoms with Gasteiger partial charge in [-0.25, -0.2) is 0 Å². The Kier molecular flexibility index (Phi) is 7.18. The molecule has 0 aliphatic heterocycles. The van der Waals surface area contributed by atoms with E-state index in [0.29, 0.717) is 6.42 Å². The predicted molar refractivity (Wildman–Crippen MR) is 59.9 cm³/mol. The molecule has 0 aliphatic carbocycles. The van der Waals surface area contributed by atoms with Crippen LogP contribution in [-0.4, -0.2) is 16.6 Å². The summed E-state index contributed by atoms with van der Waals surface area (Å²) in [5.74, 6) is 0. The molecular formula is C11H17NO3. The number of hydrogen-bond acceptors (Lipinski definition) is 3. The first kappa shape index (κ1) is 13.6. The van der Waals surface area contributed by atoms with Crippen molar-refractivity contribution < 1.29 is 10.0 Å². The molecule has 4 heteroatoms. The standard InChI is InChI=1S/C9H11NO3.C2H6/c11-7-1-2-8-3-5-9(6-4-8)10(12)13;1-2/h3-6,11H,1-2,7H2;1-2H3. The van der Waals surface area contributed by atoms with Crippen molar-refractivity contribution in [2.75, 3.05) is 6.61 Å². The van der Waals surface area contributed by atoms with Crippen molar-refractivity contribution in [1.29, 1.82) is 0 Å². The maximum Gasteiger partial charge on any atom is 0.269 e. The average Bonchev–Trinajstić information content (AvgIpc) is 2.29. The SMILES string of the molecule is CC.O=[N+]([O-])c1ccc(CCCO)cc1. The molecule has 4 nitrogen and oxygen atoms in total. The van der Waals surface area contributed by atoms with E-state index in [1.165, 1.54) is 12.1 Å². The van der Waals surface area contributed by atoms with E-state index in [1.807, 2.05) is 13.8 Å². The third-order valence-corrected chi connectivity index (χ3v) is 1.77. The summed E-state index contributed by atoms with van der Waals surface area (Å²) in [5.41, 5.74) is 1.12. The van der Waals surface area contributed by atoms with Crippen molar-refractivity contribution >= 4 is 5.69 Å². The Morgan fingerprint density at radius 1 is 1.27 bits per heavy atom. The lowest BCUT2D eigenvalue weighted by Gasteiger charge is -1.97. The van der Waals surface area contributed by atoms with Gasteiger partial charge in [0, 0.05) is 18.7 Å². The highest BCUT2D eigenvalue weighted by Gasteiger charge is 2.02. The number of rotatable bonds is 4. The van der Waals surface area contributed by atoms with E-state index in [0.717, 1.165) is 12.0 Å². The van der Waals surface area contributed by atoms with E-state index < -0.39 is 4.92 Å². The second-order valence-corrected chi connectivity index (χ2v) is 2.75. The summed E-state index contributed by atoms with van der Waals surface area (Å²) >= 11 is 0. The molecule has 0 spiro atoms. The maximum atomic E-state index is 10.3. The Labute approximate surface area is 89.7 Å². The lowest BCUT2D eigenvalue weighted by Crippen LogP contribution is -1.91. The normalized spacial score (nSPS) is 9.00. The molecule has 0 aliphatic rings. The summed E-state index contributed by atoms with van der Waals surface area (Å²) in [6.45, 7) is 4.15. The molecule has 0 radical (unpaired) electrons. The number of non-ortho nitro benzene ring substituents is 1. The highest BCUT2D eigenvalue weighted by molar-refractivity contribution is 5.32. The van der Waals surface area contributed by atoms with Gasteiger partial charge in [-0.05, 0) is 18.4 Å². The number of nitro groups is 1. The molecule has 0 saturated carbocycles. The molecule has 0 fully saturated rings. The van der Waals surface area contributed by atoms with Crippen molar-refractivity contribution in [3.05, 3.63) is 39.9 Å². The second-order valence-electron chi connectivity index (χ2n) is 2.75. The Bertz CT molecular complexity index is 282. The summed E-state index contributed by atoms with van der Waals surface area (Å²) in [4.78, 5) is 9.87. The van der Waals surface area contributed by atoms with Crippen LogP contribution in [0, 0.1) is 10.1 Å². The van der Waals surface area contributed by atoms with Crippen molar-refractivity contribution in [3.63, 3.8) is 0 Å². The molecular weight excluding hydrogens is 194 g/mol. The zero-order chi connectivity index (χ0) is 11.7. The van der Waals surface area contributed by atoms with Crippen molar-refractivity contribution in [2.45, 2.75) is 26.7 Å². The molecule has 1 N–H and O–H groups in total. The number of aliphatic hydroxyl groups excluding tert-OH is 1. The van der Waals surface area contributed by atoms with Crippen LogP contribution in [0.3, 0.4) is 0 Å². The lowest BCUT2D eigenvalue weighted by atomic mass is 10.1. The van der Waals surface area contributed by atoms with Crippen LogP contribution in [0.2, 0.25) is 0 Å². The van der Waals surface area contributed by atoms with Gasteiger partial charge in [-0.1, -0.05) is 26.0 Å². The van der Waals surface area contributed by atoms with Crippen molar-refractivity contribution in [2.24, 2.45) is 0 Å². The van der Waals surface area contributed by atoms with Crippen LogP contribution in [0.1, 0.15) is 25.8 Å². The summed E-state index contributed by atoms with van der Waals surface area (Å²) in [6.07, 6.45) is 1.45. The summed E-state index contributed by atoms with van der Waals surface area (Å²) in [7, 11) is 0. The van der Waals surface area contributed by atoms with Crippen LogP contribution in [0.15, 0.2) is 24.3 Å². The van der Waals surface area contributed by atoms with Gasteiger partial charge < -0.3 is 5.11 Å². The summed E-state index contributed by atoms with van der Waals surface area (Å²) < 4.78 is 0. The molecule has 0 unspecified atom stereocenters. The van der Waals surface area contributed by atoms with Crippen LogP contribution < -0.4 is 0 Å². The van der Waals surface area contributed by atoms with Crippen molar-refractivity contribution in [3.8, 4) is 0 Å². The van der Waals surface area contributed by atoms with Gasteiger partial charge in [0.1, 0.15) is 0 Å². The van der Waals surface area contributed by atoms with Gasteiger partial charge in [0.05, 0.1) is 4.92 Å². The van der Waals surface area contributed by atoms with Crippen molar-refractivity contribution in [1.82, 2.24) is 0 Å². The minimum atomic E-state index is -0.421. The number of nitro benzene ring substituents is 1. The first-order valence-corrected chi connectivity index (χ1v) is 5.08. The Balaban J connectivity index is 0.000000921. The Hall–Kier alpha value is -1.42. The molecule has 0 amide bonds. The first-order chi connectivity index (χ1) is 7.24. The number of aliphatic hydroxyl groups is 1. The molecule has 0 heterocycles. The van der Waals surface area contributed by atoms with E-state index in [9.17, 15) is 10.1 Å². The zero-order valence-electron chi connectivity index (χ0n) is 9.14. The summed E-state index contributed by atoms with van der Waals surface area (Å²) in [5, 5.41) is 18.9. The number of aryl methyl sites for hydroxylation is 1. The minimum Gasteiger partial charge on any atom is -0.396 e. The molecule has 1 aromatic carbocycles. The smallest absolute Gasteiger partial charge is 0.269 e. The maximum absolute atomic E-state index is 10.3. The second kappa shape index (κ2) is 7.94. The zero-order valence-corrected chi connectivity index (χ0v) is 9.14. The van der Waals surface area contributed by atoms with E-state index in [1.54, 1.807) is 12.1 Å². The van der Waals surface area contributed by atoms with Crippen LogP contribution in [0.25, 0.3) is 0 Å². The monoisotopic (exact) mass is 211 g/mol. The minimum absolute atomic E-state index is 0.104. The van der Waals surface area contributed by atoms with Gasteiger partial charge in [-0.2, -0.15) is 0 Å². The fraction of sp³-hybridized carbons (Fsp3) is 0.455. The van der Waals surface area contributed by atoms with E-state index >= 15 is 0 Å². The third kappa shape index (κ3) is 5.12. The highest BCUT2D eigenvalue weighted by atomic mass is 16.6. The molecule has 0 bridgehead atoms. The molecule has 0 atom stereocenters. The van der Waals surface area contributed by atoms with Gasteiger partial charge in [0.2, 0.25) is 0 Å². The topological polar surface area (TPSA) is 63.4 Å². The molecule has 0 saturated heterocycles. The van der Waals surface area contributed by atoms with Gasteiger partial charge in [-0.3, -0.25) is 10.1 Å². The quantitative estimate of drug-likeness (QED) is 0.615. The molecule has 0 aromatic heterocycles. The molecule has 1 rings (SSSR count). The third-order valence-electron chi connectivity index (χ3n) is 1.77. The molecule has 84 valence electrons. The average molecular weight is 211 g/mol. The number of nitrogens with zero attached hydrogens (tertiary/aromatic N) is 1. The van der Waals surface area contributed by atoms with Crippen LogP contribution in [-0.2, 0) is 6.42 Å². The Morgan fingerprint density at radius 2 is 1.80 bits per heavy atom. The first-order valence-electron chi connectivity index (χ1n) is 5.08.